The fourth-order valence-corrected chi connectivity index (χ4v) is 1.30. The topological polar surface area (TPSA) is 182 Å². The zero-order valence-corrected chi connectivity index (χ0v) is 11.3. The summed E-state index contributed by atoms with van der Waals surface area (Å²) in [5.41, 5.74) is 0.302. The molecule has 0 aliphatic rings. The van der Waals surface area contributed by atoms with Crippen molar-refractivity contribution in [2.45, 2.75) is 13.8 Å². The maximum absolute atomic E-state index is 10.6. The Morgan fingerprint density at radius 2 is 1.20 bits per heavy atom. The van der Waals surface area contributed by atoms with Crippen LogP contribution >= 0.6 is 0 Å². The highest BCUT2D eigenvalue weighted by Crippen LogP contribution is 2.23. The third-order valence-electron chi connectivity index (χ3n) is 2.41. The minimum absolute atomic E-state index is 0.241. The van der Waals surface area contributed by atoms with Crippen LogP contribution in [-0.4, -0.2) is 9.85 Å². The molecule has 1 heterocycles. The van der Waals surface area contributed by atoms with Crippen LogP contribution in [0.1, 0.15) is 11.4 Å². The lowest BCUT2D eigenvalue weighted by Gasteiger charge is -2.17. The zero-order chi connectivity index (χ0) is 16.2. The molecule has 0 bridgehead atoms. The Labute approximate surface area is 114 Å². The summed E-state index contributed by atoms with van der Waals surface area (Å²) in [5.74, 6) is 0. The standard InChI is InChI=1S/C8H10N3O4.ClHO4/c1-5-7(10(12)13)4-8(11(14)15)6(2)9(5)3;2-1(3,4)5/h4H,1-3H3;(H,2,3,4,5)/q+1;/p-1. The Balaban J connectivity index is 0.000000621. The fourth-order valence-electron chi connectivity index (χ4n) is 1.30. The summed E-state index contributed by atoms with van der Waals surface area (Å²) in [6, 6.07) is 0.991. The molecule has 112 valence electrons. The summed E-state index contributed by atoms with van der Waals surface area (Å²) in [7, 11) is -3.38. The summed E-state index contributed by atoms with van der Waals surface area (Å²) < 4.78 is 35.4. The molecule has 0 aromatic carbocycles. The second kappa shape index (κ2) is 6.49. The Hall–Kier alpha value is -1.92. The van der Waals surface area contributed by atoms with Gasteiger partial charge in [-0.25, -0.2) is 18.6 Å². The quantitative estimate of drug-likeness (QED) is 0.302. The first-order valence-corrected chi connectivity index (χ1v) is 6.00. The minimum Gasteiger partial charge on any atom is -0.258 e. The van der Waals surface area contributed by atoms with Gasteiger partial charge in [-0.3, -0.25) is 20.2 Å². The third kappa shape index (κ3) is 5.38. The van der Waals surface area contributed by atoms with Crippen molar-refractivity contribution in [2.24, 2.45) is 7.05 Å². The van der Waals surface area contributed by atoms with E-state index in [1.165, 1.54) is 4.57 Å². The van der Waals surface area contributed by atoms with Crippen molar-refractivity contribution < 1.29 is 43.3 Å². The lowest BCUT2D eigenvalue weighted by atomic mass is 10.2. The van der Waals surface area contributed by atoms with Gasteiger partial charge >= 0.3 is 11.4 Å². The Morgan fingerprint density at radius 3 is 1.40 bits per heavy atom. The van der Waals surface area contributed by atoms with E-state index in [1.54, 1.807) is 20.9 Å². The number of rotatable bonds is 2. The number of halogens is 1. The lowest BCUT2D eigenvalue weighted by molar-refractivity contribution is -2.00. The van der Waals surface area contributed by atoms with E-state index in [0.717, 1.165) is 6.07 Å². The van der Waals surface area contributed by atoms with Crippen molar-refractivity contribution in [1.29, 1.82) is 0 Å². The van der Waals surface area contributed by atoms with Crippen LogP contribution in [0.3, 0.4) is 0 Å². The van der Waals surface area contributed by atoms with Crippen molar-refractivity contribution in [2.75, 3.05) is 0 Å². The molecule has 0 spiro atoms. The maximum Gasteiger partial charge on any atom is 0.342 e. The molecule has 0 radical (unpaired) electrons. The molecule has 11 nitrogen and oxygen atoms in total. The molecule has 0 aliphatic heterocycles. The first kappa shape index (κ1) is 18.1. The van der Waals surface area contributed by atoms with Gasteiger partial charge < -0.3 is 0 Å². The van der Waals surface area contributed by atoms with Crippen molar-refractivity contribution in [1.82, 2.24) is 0 Å². The Morgan fingerprint density at radius 1 is 0.950 bits per heavy atom. The van der Waals surface area contributed by atoms with E-state index in [2.05, 4.69) is 0 Å². The summed E-state index contributed by atoms with van der Waals surface area (Å²) in [6.07, 6.45) is 0. The molecule has 0 aliphatic carbocycles. The monoisotopic (exact) mass is 311 g/mol. The number of pyridine rings is 1. The molecule has 0 atom stereocenters. The second-order valence-electron chi connectivity index (χ2n) is 3.54. The van der Waals surface area contributed by atoms with Crippen LogP contribution in [0.15, 0.2) is 6.07 Å². The summed E-state index contributed by atoms with van der Waals surface area (Å²) in [4.78, 5) is 20.0. The maximum atomic E-state index is 10.6. The second-order valence-corrected chi connectivity index (χ2v) is 4.29. The molecule has 0 fully saturated rings. The Kier molecular flexibility index (Phi) is 5.87. The van der Waals surface area contributed by atoms with Crippen molar-refractivity contribution >= 4 is 11.4 Å². The molecule has 1 aromatic rings. The van der Waals surface area contributed by atoms with Gasteiger partial charge in [0.05, 0.1) is 9.85 Å². The van der Waals surface area contributed by atoms with Gasteiger partial charge in [0.1, 0.15) is 13.1 Å². The van der Waals surface area contributed by atoms with E-state index >= 15 is 0 Å². The van der Waals surface area contributed by atoms with Crippen LogP contribution in [-0.2, 0) is 7.05 Å². The normalized spacial score (nSPS) is 10.6. The number of aromatic nitrogens is 1. The van der Waals surface area contributed by atoms with Crippen LogP contribution in [0.25, 0.3) is 0 Å². The smallest absolute Gasteiger partial charge is 0.258 e. The van der Waals surface area contributed by atoms with Crippen LogP contribution in [0.4, 0.5) is 11.4 Å². The number of hydrogen-bond acceptors (Lipinski definition) is 8. The molecular weight excluding hydrogens is 302 g/mol. The van der Waals surface area contributed by atoms with Gasteiger partial charge in [-0.05, 0) is 0 Å². The van der Waals surface area contributed by atoms with E-state index in [0.29, 0.717) is 11.4 Å². The van der Waals surface area contributed by atoms with Crippen LogP contribution < -0.4 is 23.2 Å². The third-order valence-corrected chi connectivity index (χ3v) is 2.41. The van der Waals surface area contributed by atoms with Crippen molar-refractivity contribution in [3.8, 4) is 0 Å². The van der Waals surface area contributed by atoms with Crippen LogP contribution in [0, 0.1) is 44.3 Å². The fraction of sp³-hybridized carbons (Fsp3) is 0.375. The lowest BCUT2D eigenvalue weighted by Crippen LogP contribution is -2.68. The SMILES string of the molecule is Cc1c([N+](=O)[O-])cc([N+](=O)[O-])c(C)[n+]1C.[O-][Cl+3]([O-])([O-])[O-]. The van der Waals surface area contributed by atoms with Crippen molar-refractivity contribution in [3.05, 3.63) is 37.7 Å². The van der Waals surface area contributed by atoms with Gasteiger partial charge in [-0.15, -0.1) is 10.2 Å². The molecule has 0 saturated carbocycles. The summed E-state index contributed by atoms with van der Waals surface area (Å²) in [6.45, 7) is 3.10. The van der Waals surface area contributed by atoms with E-state index in [1.807, 2.05) is 0 Å². The van der Waals surface area contributed by atoms with E-state index in [-0.39, 0.29) is 11.4 Å². The first-order valence-electron chi connectivity index (χ1n) is 4.77. The number of hydrogen-bond donors (Lipinski definition) is 0. The van der Waals surface area contributed by atoms with Gasteiger partial charge in [0, 0.05) is 13.8 Å². The molecular formula is C8H10ClN3O8. The van der Waals surface area contributed by atoms with E-state index < -0.39 is 20.1 Å². The number of nitrogens with zero attached hydrogens (tertiary/aromatic N) is 3. The van der Waals surface area contributed by atoms with E-state index in [4.69, 9.17) is 18.6 Å². The van der Waals surface area contributed by atoms with Gasteiger partial charge in [-0.2, -0.15) is 4.57 Å². The highest BCUT2D eigenvalue weighted by atomic mass is 35.7. The van der Waals surface area contributed by atoms with Crippen LogP contribution in [0.2, 0.25) is 0 Å². The van der Waals surface area contributed by atoms with E-state index in [9.17, 15) is 20.2 Å². The predicted molar refractivity (Wildman–Crippen MR) is 50.4 cm³/mol. The summed E-state index contributed by atoms with van der Waals surface area (Å²) >= 11 is 0. The molecule has 20 heavy (non-hydrogen) atoms. The highest BCUT2D eigenvalue weighted by Gasteiger charge is 2.30. The molecule has 1 aromatic heterocycles. The first-order chi connectivity index (χ1) is 8.86. The van der Waals surface area contributed by atoms with Gasteiger partial charge in [-0.1, -0.05) is 0 Å². The zero-order valence-electron chi connectivity index (χ0n) is 10.6. The average Bonchev–Trinajstić information content (AvgIpc) is 2.22. The van der Waals surface area contributed by atoms with Gasteiger partial charge in [0.15, 0.2) is 0 Å². The Bertz CT molecular complexity index is 497. The number of nitro groups is 2. The predicted octanol–water partition coefficient (Wildman–Crippen LogP) is -3.81. The molecule has 0 amide bonds. The molecule has 0 unspecified atom stereocenters. The molecule has 1 rings (SSSR count). The molecule has 0 saturated heterocycles. The average molecular weight is 312 g/mol. The largest absolute Gasteiger partial charge is 0.342 e. The van der Waals surface area contributed by atoms with Gasteiger partial charge in [0.25, 0.3) is 11.4 Å². The van der Waals surface area contributed by atoms with Crippen molar-refractivity contribution in [3.63, 3.8) is 0 Å². The minimum atomic E-state index is -4.94. The van der Waals surface area contributed by atoms with Gasteiger partial charge in [0.2, 0.25) is 0 Å². The summed E-state index contributed by atoms with van der Waals surface area (Å²) in [5, 5.41) is 21.3. The molecule has 12 heteroatoms. The van der Waals surface area contributed by atoms with Crippen LogP contribution in [0.5, 0.6) is 0 Å². The highest BCUT2D eigenvalue weighted by molar-refractivity contribution is 5.44. The molecule has 0 N–H and O–H groups in total.